The van der Waals surface area contributed by atoms with E-state index in [0.29, 0.717) is 24.5 Å². The number of ether oxygens (including phenoxy) is 1. The van der Waals surface area contributed by atoms with Gasteiger partial charge in [-0.2, -0.15) is 0 Å². The highest BCUT2D eigenvalue weighted by Crippen LogP contribution is 2.47. The van der Waals surface area contributed by atoms with Crippen molar-refractivity contribution in [1.82, 2.24) is 0 Å². The summed E-state index contributed by atoms with van der Waals surface area (Å²) in [5.74, 6) is -0.382. The minimum atomic E-state index is -0.927. The van der Waals surface area contributed by atoms with Crippen molar-refractivity contribution in [3.05, 3.63) is 42.2 Å². The van der Waals surface area contributed by atoms with E-state index in [2.05, 4.69) is 5.16 Å². The van der Waals surface area contributed by atoms with Gasteiger partial charge in [0, 0.05) is 5.92 Å². The highest BCUT2D eigenvalue weighted by atomic mass is 19.1. The summed E-state index contributed by atoms with van der Waals surface area (Å²) in [6, 6.07) is 5.57. The van der Waals surface area contributed by atoms with Gasteiger partial charge in [0.15, 0.2) is 0 Å². The van der Waals surface area contributed by atoms with Gasteiger partial charge in [-0.05, 0) is 55.4 Å². The lowest BCUT2D eigenvalue weighted by atomic mass is 9.90. The Bertz CT molecular complexity index is 750. The molecular weight excluding hydrogens is 381 g/mol. The predicted octanol–water partition coefficient (Wildman–Crippen LogP) is 2.38. The van der Waals surface area contributed by atoms with Crippen molar-refractivity contribution < 1.29 is 34.1 Å². The van der Waals surface area contributed by atoms with Gasteiger partial charge in [-0.3, -0.25) is 4.79 Å². The van der Waals surface area contributed by atoms with Crippen molar-refractivity contribution in [1.29, 1.82) is 0 Å². The molecule has 2 saturated carbocycles. The first-order chi connectivity index (χ1) is 13.9. The van der Waals surface area contributed by atoms with Crippen molar-refractivity contribution in [2.45, 2.75) is 37.9 Å². The highest BCUT2D eigenvalue weighted by molar-refractivity contribution is 5.86. The Balaban J connectivity index is 1.48. The smallest absolute Gasteiger partial charge is 0.306 e. The summed E-state index contributed by atoms with van der Waals surface area (Å²) in [5, 5.41) is 33.2. The number of nitrogens with zero attached hydrogens (tertiary/aromatic N) is 1. The monoisotopic (exact) mass is 407 g/mol. The molecule has 3 rings (SSSR count). The summed E-state index contributed by atoms with van der Waals surface area (Å²) in [6.07, 6.45) is 4.13. The van der Waals surface area contributed by atoms with Crippen LogP contribution < -0.4 is 4.74 Å². The van der Waals surface area contributed by atoms with Gasteiger partial charge in [-0.15, -0.1) is 0 Å². The highest BCUT2D eigenvalue weighted by Gasteiger charge is 2.46. The van der Waals surface area contributed by atoms with Crippen molar-refractivity contribution >= 4 is 11.7 Å². The number of benzene rings is 1. The first-order valence-corrected chi connectivity index (χ1v) is 9.74. The van der Waals surface area contributed by atoms with Crippen LogP contribution in [0.1, 0.15) is 25.7 Å². The Kier molecular flexibility index (Phi) is 7.22. The lowest BCUT2D eigenvalue weighted by Gasteiger charge is -2.17. The normalized spacial score (nSPS) is 28.6. The Morgan fingerprint density at radius 3 is 2.79 bits per heavy atom. The predicted molar refractivity (Wildman–Crippen MR) is 103 cm³/mol. The molecule has 29 heavy (non-hydrogen) atoms. The number of rotatable bonds is 9. The van der Waals surface area contributed by atoms with Crippen molar-refractivity contribution in [3.8, 4) is 5.75 Å². The average Bonchev–Trinajstić information content (AvgIpc) is 3.19. The molecule has 0 heterocycles. The fourth-order valence-corrected chi connectivity index (χ4v) is 4.08. The van der Waals surface area contributed by atoms with Gasteiger partial charge in [-0.1, -0.05) is 17.3 Å². The van der Waals surface area contributed by atoms with Gasteiger partial charge in [0.1, 0.15) is 30.9 Å². The molecule has 0 aromatic heterocycles. The molecule has 0 bridgehead atoms. The zero-order chi connectivity index (χ0) is 20.8. The van der Waals surface area contributed by atoms with Gasteiger partial charge >= 0.3 is 5.97 Å². The quantitative estimate of drug-likeness (QED) is 0.330. The van der Waals surface area contributed by atoms with E-state index in [1.807, 2.05) is 6.08 Å². The molecule has 2 aliphatic carbocycles. The maximum Gasteiger partial charge on any atom is 0.306 e. The van der Waals surface area contributed by atoms with Crippen molar-refractivity contribution in [2.75, 3.05) is 13.2 Å². The van der Waals surface area contributed by atoms with E-state index in [9.17, 15) is 19.4 Å². The number of aliphatic carboxylic acids is 1. The number of hydrogen-bond donors (Lipinski definition) is 3. The number of carboxylic acids is 1. The van der Waals surface area contributed by atoms with E-state index in [4.69, 9.17) is 14.7 Å². The third-order valence-electron chi connectivity index (χ3n) is 5.45. The first-order valence-electron chi connectivity index (χ1n) is 9.74. The van der Waals surface area contributed by atoms with E-state index in [0.717, 1.165) is 12.1 Å². The second kappa shape index (κ2) is 9.84. The molecule has 0 spiro atoms. The standard InChI is InChI=1S/C21H26FNO6/c22-14-1-4-17(5-2-14)28-12-16(24)3-6-18-19-11-15(9-13(19)10-20(18)25)23-29-8-7-21(26)27/h1-6,13,16,18-20,24-25H,7-12H2,(H,26,27)/t13-,16?,18+,19+,20+/m0/s1. The van der Waals surface area contributed by atoms with Gasteiger partial charge in [-0.25, -0.2) is 4.39 Å². The van der Waals surface area contributed by atoms with E-state index in [-0.39, 0.29) is 37.3 Å². The molecule has 2 fully saturated rings. The van der Waals surface area contributed by atoms with Crippen molar-refractivity contribution in [2.24, 2.45) is 22.9 Å². The number of aliphatic hydroxyl groups is 2. The Morgan fingerprint density at radius 2 is 2.07 bits per heavy atom. The van der Waals surface area contributed by atoms with Gasteiger partial charge in [0.2, 0.25) is 0 Å². The Hall–Kier alpha value is -2.45. The van der Waals surface area contributed by atoms with Crippen LogP contribution in [-0.4, -0.2) is 52.4 Å². The number of oxime groups is 1. The zero-order valence-corrected chi connectivity index (χ0v) is 16.0. The van der Waals surface area contributed by atoms with Crippen LogP contribution in [0.2, 0.25) is 0 Å². The maximum absolute atomic E-state index is 12.9. The molecule has 8 heteroatoms. The zero-order valence-electron chi connectivity index (χ0n) is 16.0. The topological polar surface area (TPSA) is 109 Å². The third-order valence-corrected chi connectivity index (χ3v) is 5.45. The molecule has 0 amide bonds. The molecule has 1 aromatic carbocycles. The fraction of sp³-hybridized carbons (Fsp3) is 0.524. The molecule has 0 saturated heterocycles. The molecular formula is C21H26FNO6. The van der Waals surface area contributed by atoms with Crippen LogP contribution in [0, 0.1) is 23.6 Å². The summed E-state index contributed by atoms with van der Waals surface area (Å²) in [7, 11) is 0. The summed E-state index contributed by atoms with van der Waals surface area (Å²) < 4.78 is 18.3. The number of carbonyl (C=O) groups is 1. The Labute approximate surface area is 168 Å². The number of halogens is 1. The summed E-state index contributed by atoms with van der Waals surface area (Å²) >= 11 is 0. The number of hydrogen-bond acceptors (Lipinski definition) is 6. The minimum Gasteiger partial charge on any atom is -0.491 e. The van der Waals surface area contributed by atoms with E-state index >= 15 is 0 Å². The molecule has 7 nitrogen and oxygen atoms in total. The maximum atomic E-state index is 12.9. The number of fused-ring (bicyclic) bond motifs is 1. The molecule has 0 radical (unpaired) electrons. The number of carboxylic acid groups (broad SMARTS) is 1. The molecule has 1 unspecified atom stereocenters. The van der Waals surface area contributed by atoms with Gasteiger partial charge in [0.25, 0.3) is 0 Å². The minimum absolute atomic E-state index is 0.0309. The molecule has 0 aliphatic heterocycles. The van der Waals surface area contributed by atoms with Gasteiger partial charge in [0.05, 0.1) is 18.2 Å². The SMILES string of the molecule is O=C(O)CCON=C1C[C@H]2C[C@@H](O)[C@H](C=CC(O)COc3ccc(F)cc3)[C@@H]2C1. The van der Waals surface area contributed by atoms with Crippen molar-refractivity contribution in [3.63, 3.8) is 0 Å². The second-order valence-corrected chi connectivity index (χ2v) is 7.56. The van der Waals surface area contributed by atoms with Gasteiger partial charge < -0.3 is 24.9 Å². The third kappa shape index (κ3) is 6.01. The van der Waals surface area contributed by atoms with Crippen LogP contribution in [0.15, 0.2) is 41.6 Å². The first kappa shape index (κ1) is 21.3. The number of aliphatic hydroxyl groups excluding tert-OH is 2. The van der Waals surface area contributed by atoms with E-state index < -0.39 is 18.2 Å². The van der Waals surface area contributed by atoms with Crippen LogP contribution in [-0.2, 0) is 9.63 Å². The summed E-state index contributed by atoms with van der Waals surface area (Å²) in [5.41, 5.74) is 0.885. The van der Waals surface area contributed by atoms with E-state index in [1.165, 1.54) is 24.3 Å². The van der Waals surface area contributed by atoms with Crippen LogP contribution in [0.25, 0.3) is 0 Å². The molecule has 1 aromatic rings. The lowest BCUT2D eigenvalue weighted by Crippen LogP contribution is -2.20. The molecule has 3 N–H and O–H groups in total. The van der Waals surface area contributed by atoms with Crippen LogP contribution in [0.3, 0.4) is 0 Å². The fourth-order valence-electron chi connectivity index (χ4n) is 4.08. The molecule has 5 atom stereocenters. The largest absolute Gasteiger partial charge is 0.491 e. The van der Waals surface area contributed by atoms with E-state index in [1.54, 1.807) is 6.08 Å². The second-order valence-electron chi connectivity index (χ2n) is 7.56. The Morgan fingerprint density at radius 1 is 1.31 bits per heavy atom. The lowest BCUT2D eigenvalue weighted by molar-refractivity contribution is -0.138. The van der Waals surface area contributed by atoms with Crippen LogP contribution in [0.5, 0.6) is 5.75 Å². The molecule has 158 valence electrons. The van der Waals surface area contributed by atoms with Crippen LogP contribution in [0.4, 0.5) is 4.39 Å². The average molecular weight is 407 g/mol. The summed E-state index contributed by atoms with van der Waals surface area (Å²) in [6.45, 7) is 0.0730. The molecule has 2 aliphatic rings. The summed E-state index contributed by atoms with van der Waals surface area (Å²) in [4.78, 5) is 15.6. The van der Waals surface area contributed by atoms with Crippen LogP contribution >= 0.6 is 0 Å².